The van der Waals surface area contributed by atoms with Crippen molar-refractivity contribution in [3.8, 4) is 0 Å². The second-order valence-electron chi connectivity index (χ2n) is 5.02. The van der Waals surface area contributed by atoms with Crippen molar-refractivity contribution in [1.82, 2.24) is 4.90 Å². The van der Waals surface area contributed by atoms with Gasteiger partial charge in [0.25, 0.3) is 0 Å². The summed E-state index contributed by atoms with van der Waals surface area (Å²) in [5, 5.41) is 0. The topological polar surface area (TPSA) is 29.3 Å². The minimum atomic E-state index is 0.355. The summed E-state index contributed by atoms with van der Waals surface area (Å²) in [5.41, 5.74) is 7.31. The van der Waals surface area contributed by atoms with Gasteiger partial charge in [0, 0.05) is 23.6 Å². The van der Waals surface area contributed by atoms with E-state index in [2.05, 4.69) is 52.0 Å². The number of halogens is 1. The maximum atomic E-state index is 5.99. The van der Waals surface area contributed by atoms with Gasteiger partial charge in [-0.25, -0.2) is 0 Å². The number of benzene rings is 1. The standard InChI is InChI=1S/C14H21BrN2/c1-11-5-4-8-17(10-11)14(9-16)12-6-2-3-7-13(12)15/h2-3,6-7,11,14H,4-5,8-10,16H2,1H3/t11-,14-/m1/s1. The van der Waals surface area contributed by atoms with Crippen LogP contribution in [0.1, 0.15) is 31.4 Å². The second-order valence-corrected chi connectivity index (χ2v) is 5.87. The molecular weight excluding hydrogens is 276 g/mol. The van der Waals surface area contributed by atoms with Crippen LogP contribution in [0.3, 0.4) is 0 Å². The molecule has 1 aliphatic rings. The summed E-state index contributed by atoms with van der Waals surface area (Å²) in [4.78, 5) is 2.54. The van der Waals surface area contributed by atoms with Crippen molar-refractivity contribution < 1.29 is 0 Å². The van der Waals surface area contributed by atoms with Crippen LogP contribution in [0.25, 0.3) is 0 Å². The first kappa shape index (κ1) is 13.1. The van der Waals surface area contributed by atoms with Crippen molar-refractivity contribution in [3.63, 3.8) is 0 Å². The van der Waals surface area contributed by atoms with Crippen molar-refractivity contribution in [1.29, 1.82) is 0 Å². The molecule has 2 N–H and O–H groups in total. The fourth-order valence-corrected chi connectivity index (χ4v) is 3.28. The van der Waals surface area contributed by atoms with Gasteiger partial charge in [-0.05, 0) is 36.9 Å². The van der Waals surface area contributed by atoms with Crippen LogP contribution in [-0.4, -0.2) is 24.5 Å². The van der Waals surface area contributed by atoms with Crippen LogP contribution < -0.4 is 5.73 Å². The Morgan fingerprint density at radius 1 is 1.47 bits per heavy atom. The molecule has 0 bridgehead atoms. The molecule has 0 aromatic heterocycles. The molecule has 0 spiro atoms. The first-order chi connectivity index (χ1) is 8.22. The second kappa shape index (κ2) is 5.98. The third kappa shape index (κ3) is 3.09. The lowest BCUT2D eigenvalue weighted by Crippen LogP contribution is -2.40. The van der Waals surface area contributed by atoms with Crippen LogP contribution in [0.15, 0.2) is 28.7 Å². The van der Waals surface area contributed by atoms with E-state index in [9.17, 15) is 0 Å². The van der Waals surface area contributed by atoms with Crippen LogP contribution >= 0.6 is 15.9 Å². The Morgan fingerprint density at radius 2 is 2.24 bits per heavy atom. The summed E-state index contributed by atoms with van der Waals surface area (Å²) in [5.74, 6) is 0.792. The van der Waals surface area contributed by atoms with Gasteiger partial charge in [-0.1, -0.05) is 41.1 Å². The average molecular weight is 297 g/mol. The lowest BCUT2D eigenvalue weighted by atomic mass is 9.96. The van der Waals surface area contributed by atoms with E-state index in [0.29, 0.717) is 12.6 Å². The van der Waals surface area contributed by atoms with E-state index in [4.69, 9.17) is 5.73 Å². The van der Waals surface area contributed by atoms with Gasteiger partial charge in [0.15, 0.2) is 0 Å². The predicted octanol–water partition coefficient (Wildman–Crippen LogP) is 3.18. The third-order valence-electron chi connectivity index (χ3n) is 3.62. The molecule has 0 aliphatic carbocycles. The largest absolute Gasteiger partial charge is 0.329 e. The van der Waals surface area contributed by atoms with Gasteiger partial charge in [0.2, 0.25) is 0 Å². The number of nitrogens with two attached hydrogens (primary N) is 1. The first-order valence-corrected chi connectivity index (χ1v) is 7.20. The summed E-state index contributed by atoms with van der Waals surface area (Å²) >= 11 is 3.64. The first-order valence-electron chi connectivity index (χ1n) is 6.41. The van der Waals surface area contributed by atoms with E-state index in [1.165, 1.54) is 36.0 Å². The highest BCUT2D eigenvalue weighted by Gasteiger charge is 2.25. The van der Waals surface area contributed by atoms with Gasteiger partial charge in [0.05, 0.1) is 0 Å². The average Bonchev–Trinajstić information content (AvgIpc) is 2.33. The third-order valence-corrected chi connectivity index (χ3v) is 4.34. The summed E-state index contributed by atoms with van der Waals surface area (Å²) in [6.07, 6.45) is 2.64. The Bertz CT molecular complexity index is 367. The molecule has 1 saturated heterocycles. The van der Waals surface area contributed by atoms with E-state index < -0.39 is 0 Å². The summed E-state index contributed by atoms with van der Waals surface area (Å²) in [6, 6.07) is 8.79. The van der Waals surface area contributed by atoms with Crippen LogP contribution in [0.2, 0.25) is 0 Å². The molecule has 2 atom stereocenters. The molecule has 2 rings (SSSR count). The van der Waals surface area contributed by atoms with Crippen molar-refractivity contribution >= 4 is 15.9 Å². The SMILES string of the molecule is C[C@@H]1CCCN([C@H](CN)c2ccccc2Br)C1. The Morgan fingerprint density at radius 3 is 2.88 bits per heavy atom. The lowest BCUT2D eigenvalue weighted by molar-refractivity contribution is 0.133. The Kier molecular flexibility index (Phi) is 4.60. The van der Waals surface area contributed by atoms with Crippen molar-refractivity contribution in [2.45, 2.75) is 25.8 Å². The molecule has 17 heavy (non-hydrogen) atoms. The van der Waals surface area contributed by atoms with Gasteiger partial charge >= 0.3 is 0 Å². The summed E-state index contributed by atoms with van der Waals surface area (Å²) < 4.78 is 1.17. The van der Waals surface area contributed by atoms with Crippen molar-refractivity contribution in [2.24, 2.45) is 11.7 Å². The van der Waals surface area contributed by atoms with Gasteiger partial charge < -0.3 is 5.73 Å². The highest BCUT2D eigenvalue weighted by molar-refractivity contribution is 9.10. The molecule has 1 aromatic rings. The number of hydrogen-bond acceptors (Lipinski definition) is 2. The highest BCUT2D eigenvalue weighted by atomic mass is 79.9. The molecule has 0 unspecified atom stereocenters. The molecule has 94 valence electrons. The van der Waals surface area contributed by atoms with Gasteiger partial charge in [0.1, 0.15) is 0 Å². The fourth-order valence-electron chi connectivity index (χ4n) is 2.73. The number of hydrogen-bond donors (Lipinski definition) is 1. The predicted molar refractivity (Wildman–Crippen MR) is 75.9 cm³/mol. The quantitative estimate of drug-likeness (QED) is 0.928. The molecule has 2 nitrogen and oxygen atoms in total. The number of likely N-dealkylation sites (tertiary alicyclic amines) is 1. The van der Waals surface area contributed by atoms with Crippen molar-refractivity contribution in [2.75, 3.05) is 19.6 Å². The number of piperidine rings is 1. The normalized spacial score (nSPS) is 23.6. The number of rotatable bonds is 3. The highest BCUT2D eigenvalue weighted by Crippen LogP contribution is 2.30. The molecule has 1 aliphatic heterocycles. The zero-order valence-corrected chi connectivity index (χ0v) is 12.0. The minimum absolute atomic E-state index is 0.355. The monoisotopic (exact) mass is 296 g/mol. The molecule has 1 heterocycles. The smallest absolute Gasteiger partial charge is 0.0481 e. The van der Waals surface area contributed by atoms with E-state index >= 15 is 0 Å². The molecule has 1 fully saturated rings. The zero-order valence-electron chi connectivity index (χ0n) is 10.4. The zero-order chi connectivity index (χ0) is 12.3. The Hall–Kier alpha value is -0.380. The van der Waals surface area contributed by atoms with E-state index in [1.54, 1.807) is 0 Å². The van der Waals surface area contributed by atoms with Crippen LogP contribution in [-0.2, 0) is 0 Å². The molecular formula is C14H21BrN2. The van der Waals surface area contributed by atoms with Gasteiger partial charge in [-0.3, -0.25) is 4.90 Å². The van der Waals surface area contributed by atoms with E-state index in [0.717, 1.165) is 5.92 Å². The summed E-state index contributed by atoms with van der Waals surface area (Å²) in [7, 11) is 0. The molecule has 0 radical (unpaired) electrons. The Labute approximate surface area is 112 Å². The molecule has 1 aromatic carbocycles. The lowest BCUT2D eigenvalue weighted by Gasteiger charge is -2.37. The molecule has 0 saturated carbocycles. The minimum Gasteiger partial charge on any atom is -0.329 e. The van der Waals surface area contributed by atoms with Gasteiger partial charge in [-0.15, -0.1) is 0 Å². The van der Waals surface area contributed by atoms with E-state index in [-0.39, 0.29) is 0 Å². The van der Waals surface area contributed by atoms with Gasteiger partial charge in [-0.2, -0.15) is 0 Å². The maximum absolute atomic E-state index is 5.99. The number of nitrogens with zero attached hydrogens (tertiary/aromatic N) is 1. The van der Waals surface area contributed by atoms with Crippen LogP contribution in [0.4, 0.5) is 0 Å². The van der Waals surface area contributed by atoms with E-state index in [1.807, 2.05) is 0 Å². The fraction of sp³-hybridized carbons (Fsp3) is 0.571. The Balaban J connectivity index is 2.18. The molecule has 0 amide bonds. The van der Waals surface area contributed by atoms with Crippen LogP contribution in [0.5, 0.6) is 0 Å². The maximum Gasteiger partial charge on any atom is 0.0481 e. The summed E-state index contributed by atoms with van der Waals surface area (Å²) in [6.45, 7) is 5.37. The van der Waals surface area contributed by atoms with Crippen LogP contribution in [0, 0.1) is 5.92 Å². The molecule has 3 heteroatoms. The van der Waals surface area contributed by atoms with Crippen molar-refractivity contribution in [3.05, 3.63) is 34.3 Å².